The van der Waals surface area contributed by atoms with Crippen molar-refractivity contribution in [2.75, 3.05) is 23.5 Å². The van der Waals surface area contributed by atoms with Crippen LogP contribution >= 0.6 is 27.7 Å². The van der Waals surface area contributed by atoms with Gasteiger partial charge in [-0.25, -0.2) is 4.39 Å². The van der Waals surface area contributed by atoms with E-state index in [4.69, 9.17) is 5.73 Å². The van der Waals surface area contributed by atoms with Crippen LogP contribution in [0.25, 0.3) is 0 Å². The topological polar surface area (TPSA) is 29.3 Å². The largest absolute Gasteiger partial charge is 0.368 e. The van der Waals surface area contributed by atoms with Crippen LogP contribution in [0.4, 0.5) is 10.1 Å². The van der Waals surface area contributed by atoms with Crippen molar-refractivity contribution in [3.63, 3.8) is 0 Å². The lowest BCUT2D eigenvalue weighted by Gasteiger charge is -2.27. The molecule has 0 aromatic heterocycles. The van der Waals surface area contributed by atoms with Gasteiger partial charge in [-0.3, -0.25) is 0 Å². The van der Waals surface area contributed by atoms with Crippen molar-refractivity contribution < 1.29 is 4.39 Å². The number of hydrogen-bond donors (Lipinski definition) is 1. The third-order valence-electron chi connectivity index (χ3n) is 3.20. The molecule has 0 spiro atoms. The zero-order valence-corrected chi connectivity index (χ0v) is 12.2. The Labute approximate surface area is 114 Å². The van der Waals surface area contributed by atoms with Crippen molar-refractivity contribution in [2.24, 2.45) is 5.73 Å². The molecule has 1 fully saturated rings. The normalized spacial score (nSPS) is 19.6. The first-order chi connectivity index (χ1) is 8.15. The number of benzene rings is 1. The molecule has 5 heteroatoms. The second kappa shape index (κ2) is 5.59. The fourth-order valence-corrected chi connectivity index (χ4v) is 3.80. The summed E-state index contributed by atoms with van der Waals surface area (Å²) in [5, 5.41) is 0. The molecular formula is C12H16BrFN2S. The highest BCUT2D eigenvalue weighted by molar-refractivity contribution is 9.10. The minimum Gasteiger partial charge on any atom is -0.368 e. The van der Waals surface area contributed by atoms with Crippen molar-refractivity contribution in [1.82, 2.24) is 0 Å². The lowest BCUT2D eigenvalue weighted by molar-refractivity contribution is 0.599. The van der Waals surface area contributed by atoms with E-state index in [1.807, 2.05) is 35.8 Å². The zero-order valence-electron chi connectivity index (χ0n) is 9.75. The standard InChI is InChI=1S/C12H16BrFN2S/c1-16(9-4-5-17-7-9)10-3-2-8(6-15)11(13)12(10)14/h2-3,9H,4-7,15H2,1H3. The number of rotatable bonds is 3. The highest BCUT2D eigenvalue weighted by Gasteiger charge is 2.23. The first-order valence-electron chi connectivity index (χ1n) is 5.62. The van der Waals surface area contributed by atoms with Crippen LogP contribution in [0.1, 0.15) is 12.0 Å². The summed E-state index contributed by atoms with van der Waals surface area (Å²) < 4.78 is 14.7. The van der Waals surface area contributed by atoms with E-state index in [9.17, 15) is 4.39 Å². The predicted molar refractivity (Wildman–Crippen MR) is 76.1 cm³/mol. The Hall–Kier alpha value is -0.260. The summed E-state index contributed by atoms with van der Waals surface area (Å²) in [5.74, 6) is 2.04. The van der Waals surface area contributed by atoms with Crippen molar-refractivity contribution in [1.29, 1.82) is 0 Å². The van der Waals surface area contributed by atoms with Gasteiger partial charge in [-0.05, 0) is 39.7 Å². The quantitative estimate of drug-likeness (QED) is 0.929. The molecular weight excluding hydrogens is 303 g/mol. The molecule has 1 heterocycles. The molecule has 1 aliphatic heterocycles. The molecule has 1 saturated heterocycles. The van der Waals surface area contributed by atoms with E-state index in [1.165, 1.54) is 5.75 Å². The van der Waals surface area contributed by atoms with Gasteiger partial charge in [0.2, 0.25) is 0 Å². The van der Waals surface area contributed by atoms with Gasteiger partial charge in [0.15, 0.2) is 5.82 Å². The Morgan fingerprint density at radius 3 is 2.94 bits per heavy atom. The highest BCUT2D eigenvalue weighted by Crippen LogP contribution is 2.32. The molecule has 0 bridgehead atoms. The molecule has 1 atom stereocenters. The lowest BCUT2D eigenvalue weighted by Crippen LogP contribution is -2.32. The Morgan fingerprint density at radius 2 is 2.35 bits per heavy atom. The van der Waals surface area contributed by atoms with Crippen LogP contribution in [-0.2, 0) is 6.54 Å². The summed E-state index contributed by atoms with van der Waals surface area (Å²) in [6.45, 7) is 0.348. The average Bonchev–Trinajstić information content (AvgIpc) is 2.85. The first-order valence-corrected chi connectivity index (χ1v) is 7.57. The fourth-order valence-electron chi connectivity index (χ4n) is 2.03. The monoisotopic (exact) mass is 318 g/mol. The summed E-state index contributed by atoms with van der Waals surface area (Å²) in [4.78, 5) is 2.04. The fraction of sp³-hybridized carbons (Fsp3) is 0.500. The number of nitrogens with two attached hydrogens (primary N) is 1. The van der Waals surface area contributed by atoms with E-state index in [-0.39, 0.29) is 5.82 Å². The van der Waals surface area contributed by atoms with Crippen molar-refractivity contribution in [2.45, 2.75) is 19.0 Å². The Bertz CT molecular complexity index is 408. The molecule has 0 amide bonds. The number of thioether (sulfide) groups is 1. The maximum absolute atomic E-state index is 14.2. The third kappa shape index (κ3) is 2.61. The van der Waals surface area contributed by atoms with E-state index in [0.717, 1.165) is 17.7 Å². The van der Waals surface area contributed by atoms with Crippen LogP contribution in [0.2, 0.25) is 0 Å². The number of nitrogens with zero attached hydrogens (tertiary/aromatic N) is 1. The van der Waals surface area contributed by atoms with Gasteiger partial charge < -0.3 is 10.6 Å². The maximum atomic E-state index is 14.2. The summed E-state index contributed by atoms with van der Waals surface area (Å²) in [6.07, 6.45) is 1.12. The SMILES string of the molecule is CN(c1ccc(CN)c(Br)c1F)C1CCSC1. The van der Waals surface area contributed by atoms with Gasteiger partial charge in [0.25, 0.3) is 0 Å². The van der Waals surface area contributed by atoms with Crippen LogP contribution in [0.15, 0.2) is 16.6 Å². The first kappa shape index (κ1) is 13.2. The van der Waals surface area contributed by atoms with Gasteiger partial charge in [0, 0.05) is 25.4 Å². The highest BCUT2D eigenvalue weighted by atomic mass is 79.9. The van der Waals surface area contributed by atoms with Crippen LogP contribution < -0.4 is 10.6 Å². The van der Waals surface area contributed by atoms with Gasteiger partial charge in [-0.15, -0.1) is 0 Å². The lowest BCUT2D eigenvalue weighted by atomic mass is 10.1. The number of halogens is 2. The molecule has 1 aromatic carbocycles. The summed E-state index contributed by atoms with van der Waals surface area (Å²) >= 11 is 5.21. The number of anilines is 1. The van der Waals surface area contributed by atoms with Gasteiger partial charge in [0.1, 0.15) is 0 Å². The van der Waals surface area contributed by atoms with Crippen LogP contribution in [0, 0.1) is 5.82 Å². The van der Waals surface area contributed by atoms with E-state index in [0.29, 0.717) is 22.7 Å². The molecule has 1 aromatic rings. The number of hydrogen-bond acceptors (Lipinski definition) is 3. The van der Waals surface area contributed by atoms with Crippen molar-refractivity contribution in [3.05, 3.63) is 28.0 Å². The zero-order chi connectivity index (χ0) is 12.4. The Morgan fingerprint density at radius 1 is 1.59 bits per heavy atom. The molecule has 2 nitrogen and oxygen atoms in total. The molecule has 0 aliphatic carbocycles. The van der Waals surface area contributed by atoms with E-state index in [2.05, 4.69) is 15.9 Å². The van der Waals surface area contributed by atoms with Crippen LogP contribution in [-0.4, -0.2) is 24.6 Å². The second-order valence-electron chi connectivity index (χ2n) is 4.20. The molecule has 0 radical (unpaired) electrons. The van der Waals surface area contributed by atoms with E-state index in [1.54, 1.807) is 0 Å². The van der Waals surface area contributed by atoms with Gasteiger partial charge in [-0.1, -0.05) is 6.07 Å². The Kier molecular flexibility index (Phi) is 4.33. The maximum Gasteiger partial charge on any atom is 0.160 e. The van der Waals surface area contributed by atoms with Gasteiger partial charge in [0.05, 0.1) is 10.2 Å². The minimum atomic E-state index is -0.202. The minimum absolute atomic E-state index is 0.202. The molecule has 1 aliphatic rings. The van der Waals surface area contributed by atoms with Crippen molar-refractivity contribution >= 4 is 33.4 Å². The second-order valence-corrected chi connectivity index (χ2v) is 6.15. The predicted octanol–water partition coefficient (Wildman–Crippen LogP) is 2.99. The molecule has 2 rings (SSSR count). The van der Waals surface area contributed by atoms with Crippen molar-refractivity contribution in [3.8, 4) is 0 Å². The van der Waals surface area contributed by atoms with Gasteiger partial charge in [-0.2, -0.15) is 11.8 Å². The third-order valence-corrected chi connectivity index (χ3v) is 5.20. The van der Waals surface area contributed by atoms with E-state index < -0.39 is 0 Å². The molecule has 94 valence electrons. The molecule has 1 unspecified atom stereocenters. The smallest absolute Gasteiger partial charge is 0.160 e. The van der Waals surface area contributed by atoms with Crippen LogP contribution in [0.3, 0.4) is 0 Å². The van der Waals surface area contributed by atoms with Crippen LogP contribution in [0.5, 0.6) is 0 Å². The summed E-state index contributed by atoms with van der Waals surface area (Å²) in [7, 11) is 1.96. The van der Waals surface area contributed by atoms with Gasteiger partial charge >= 0.3 is 0 Å². The average molecular weight is 319 g/mol. The Balaban J connectivity index is 2.29. The molecule has 17 heavy (non-hydrogen) atoms. The van der Waals surface area contributed by atoms with E-state index >= 15 is 0 Å². The summed E-state index contributed by atoms with van der Waals surface area (Å²) in [5.41, 5.74) is 7.01. The molecule has 2 N–H and O–H groups in total. The molecule has 0 saturated carbocycles. The summed E-state index contributed by atoms with van der Waals surface area (Å²) in [6, 6.07) is 4.15.